The van der Waals surface area contributed by atoms with Crippen LogP contribution >= 0.6 is 0 Å². The topological polar surface area (TPSA) is 68.6 Å². The van der Waals surface area contributed by atoms with Gasteiger partial charge in [-0.05, 0) is 44.1 Å². The number of aliphatic hydroxyl groups excluding tert-OH is 1. The summed E-state index contributed by atoms with van der Waals surface area (Å²) in [5, 5.41) is 22.9. The Labute approximate surface area is 131 Å². The van der Waals surface area contributed by atoms with Crippen molar-refractivity contribution in [1.29, 1.82) is 0 Å². The number of aromatic hydroxyl groups is 1. The van der Waals surface area contributed by atoms with E-state index in [1.54, 1.807) is 18.3 Å². The van der Waals surface area contributed by atoms with Crippen molar-refractivity contribution in [2.45, 2.75) is 19.8 Å². The molecule has 0 aliphatic heterocycles. The van der Waals surface area contributed by atoms with Gasteiger partial charge in [0.05, 0.1) is 12.1 Å². The number of pyridine rings is 1. The van der Waals surface area contributed by atoms with Crippen LogP contribution in [0.1, 0.15) is 19.8 Å². The van der Waals surface area contributed by atoms with Crippen molar-refractivity contribution >= 4 is 16.6 Å². The second-order valence-electron chi connectivity index (χ2n) is 5.35. The van der Waals surface area contributed by atoms with Crippen LogP contribution in [0.25, 0.3) is 10.9 Å². The fourth-order valence-electron chi connectivity index (χ4n) is 2.54. The molecule has 0 bridgehead atoms. The van der Waals surface area contributed by atoms with Gasteiger partial charge in [-0.3, -0.25) is 4.98 Å². The number of fused-ring (bicyclic) bond motifs is 1. The first-order valence-electron chi connectivity index (χ1n) is 7.89. The number of nitrogens with zero attached hydrogens (tertiary/aromatic N) is 2. The fourth-order valence-corrected chi connectivity index (χ4v) is 2.54. The zero-order chi connectivity index (χ0) is 15.8. The number of benzene rings is 1. The summed E-state index contributed by atoms with van der Waals surface area (Å²) in [6.07, 6.45) is 3.93. The van der Waals surface area contributed by atoms with Crippen molar-refractivity contribution in [2.24, 2.45) is 0 Å². The van der Waals surface area contributed by atoms with Crippen LogP contribution in [0.2, 0.25) is 0 Å². The summed E-state index contributed by atoms with van der Waals surface area (Å²) < 4.78 is 0. The predicted octanol–water partition coefficient (Wildman–Crippen LogP) is 2.45. The summed E-state index contributed by atoms with van der Waals surface area (Å²) in [6.45, 7) is 5.99. The van der Waals surface area contributed by atoms with Gasteiger partial charge in [0.15, 0.2) is 0 Å². The number of rotatable bonds is 9. The van der Waals surface area contributed by atoms with Crippen LogP contribution in [0.5, 0.6) is 5.75 Å². The van der Waals surface area contributed by atoms with Crippen molar-refractivity contribution in [2.75, 3.05) is 38.1 Å². The maximum atomic E-state index is 9.50. The maximum Gasteiger partial charge on any atom is 0.117 e. The van der Waals surface area contributed by atoms with Gasteiger partial charge in [0.2, 0.25) is 0 Å². The number of hydrogen-bond acceptors (Lipinski definition) is 5. The molecular weight excluding hydrogens is 278 g/mol. The summed E-state index contributed by atoms with van der Waals surface area (Å²) >= 11 is 0. The van der Waals surface area contributed by atoms with E-state index in [4.69, 9.17) is 5.11 Å². The number of unbranched alkanes of at least 4 members (excludes halogenated alkanes) is 1. The molecule has 0 aliphatic rings. The molecule has 0 saturated carbocycles. The molecular formula is C17H25N3O2. The Morgan fingerprint density at radius 1 is 1.18 bits per heavy atom. The lowest BCUT2D eigenvalue weighted by atomic mass is 10.1. The molecule has 0 atom stereocenters. The lowest BCUT2D eigenvalue weighted by Crippen LogP contribution is -2.27. The molecule has 0 spiro atoms. The summed E-state index contributed by atoms with van der Waals surface area (Å²) in [5.41, 5.74) is 1.85. The van der Waals surface area contributed by atoms with Crippen molar-refractivity contribution < 1.29 is 10.2 Å². The number of anilines is 1. The maximum absolute atomic E-state index is 9.50. The Morgan fingerprint density at radius 2 is 2.05 bits per heavy atom. The van der Waals surface area contributed by atoms with E-state index >= 15 is 0 Å². The number of phenols is 1. The van der Waals surface area contributed by atoms with Gasteiger partial charge in [0.1, 0.15) is 5.75 Å². The van der Waals surface area contributed by atoms with Crippen LogP contribution in [0.3, 0.4) is 0 Å². The molecule has 1 aromatic carbocycles. The van der Waals surface area contributed by atoms with Gasteiger partial charge >= 0.3 is 0 Å². The van der Waals surface area contributed by atoms with Crippen LogP contribution in [0.4, 0.5) is 5.69 Å². The minimum Gasteiger partial charge on any atom is -0.508 e. The first-order valence-corrected chi connectivity index (χ1v) is 7.89. The summed E-state index contributed by atoms with van der Waals surface area (Å²) in [7, 11) is 0. The van der Waals surface area contributed by atoms with Gasteiger partial charge < -0.3 is 20.4 Å². The molecule has 0 unspecified atom stereocenters. The predicted molar refractivity (Wildman–Crippen MR) is 90.3 cm³/mol. The third kappa shape index (κ3) is 4.58. The molecule has 120 valence electrons. The van der Waals surface area contributed by atoms with E-state index in [9.17, 15) is 5.11 Å². The Bertz CT molecular complexity index is 589. The quantitative estimate of drug-likeness (QED) is 0.621. The van der Waals surface area contributed by atoms with Crippen molar-refractivity contribution in [1.82, 2.24) is 9.88 Å². The van der Waals surface area contributed by atoms with E-state index in [1.165, 1.54) is 0 Å². The highest BCUT2D eigenvalue weighted by molar-refractivity contribution is 5.91. The second-order valence-corrected chi connectivity index (χ2v) is 5.35. The molecule has 0 amide bonds. The summed E-state index contributed by atoms with van der Waals surface area (Å²) in [4.78, 5) is 6.53. The van der Waals surface area contributed by atoms with E-state index < -0.39 is 0 Å². The molecule has 5 heteroatoms. The van der Waals surface area contributed by atoms with E-state index in [1.807, 2.05) is 12.1 Å². The molecule has 0 aliphatic carbocycles. The first-order chi connectivity index (χ1) is 10.7. The lowest BCUT2D eigenvalue weighted by Gasteiger charge is -2.18. The van der Waals surface area contributed by atoms with Gasteiger partial charge in [-0.1, -0.05) is 6.92 Å². The van der Waals surface area contributed by atoms with Gasteiger partial charge in [0, 0.05) is 36.4 Å². The Morgan fingerprint density at radius 3 is 2.82 bits per heavy atom. The van der Waals surface area contributed by atoms with Crippen LogP contribution in [0, 0.1) is 0 Å². The highest BCUT2D eigenvalue weighted by Crippen LogP contribution is 2.24. The number of hydrogen-bond donors (Lipinski definition) is 3. The number of aliphatic hydroxyl groups is 1. The van der Waals surface area contributed by atoms with Gasteiger partial charge in [0.25, 0.3) is 0 Å². The number of likely N-dealkylation sites (N-methyl/N-ethyl adjacent to an activating group) is 1. The average Bonchev–Trinajstić information content (AvgIpc) is 2.53. The van der Waals surface area contributed by atoms with Crippen LogP contribution < -0.4 is 5.32 Å². The minimum atomic E-state index is 0.224. The molecule has 1 heterocycles. The number of nitrogens with one attached hydrogen (secondary N) is 1. The van der Waals surface area contributed by atoms with Crippen LogP contribution in [0.15, 0.2) is 30.5 Å². The van der Waals surface area contributed by atoms with Crippen LogP contribution in [-0.2, 0) is 0 Å². The van der Waals surface area contributed by atoms with E-state index in [-0.39, 0.29) is 12.4 Å². The monoisotopic (exact) mass is 303 g/mol. The number of aromatic nitrogens is 1. The Hall–Kier alpha value is -1.85. The standard InChI is InChI=1S/C17H25N3O2/c1-2-20(11-12-21)10-4-3-8-18-16-7-9-19-17-13-14(22)5-6-15(16)17/h5-7,9,13,21-22H,2-4,8,10-12H2,1H3,(H,18,19). The molecule has 5 nitrogen and oxygen atoms in total. The van der Waals surface area contributed by atoms with Crippen molar-refractivity contribution in [3.63, 3.8) is 0 Å². The van der Waals surface area contributed by atoms with E-state index in [0.29, 0.717) is 0 Å². The summed E-state index contributed by atoms with van der Waals surface area (Å²) in [5.74, 6) is 0.237. The zero-order valence-corrected chi connectivity index (χ0v) is 13.1. The molecule has 0 fully saturated rings. The molecule has 0 radical (unpaired) electrons. The molecule has 2 aromatic rings. The molecule has 22 heavy (non-hydrogen) atoms. The van der Waals surface area contributed by atoms with Crippen LogP contribution in [-0.4, -0.2) is 52.9 Å². The highest BCUT2D eigenvalue weighted by Gasteiger charge is 2.03. The third-order valence-electron chi connectivity index (χ3n) is 3.81. The molecule has 2 rings (SSSR count). The first kappa shape index (κ1) is 16.5. The second kappa shape index (κ2) is 8.56. The SMILES string of the molecule is CCN(CCO)CCCCNc1ccnc2cc(O)ccc12. The molecule has 3 N–H and O–H groups in total. The number of phenolic OH excluding ortho intramolecular Hbond substituents is 1. The average molecular weight is 303 g/mol. The van der Waals surface area contributed by atoms with Gasteiger partial charge in [-0.15, -0.1) is 0 Å². The Balaban J connectivity index is 1.82. The highest BCUT2D eigenvalue weighted by atomic mass is 16.3. The third-order valence-corrected chi connectivity index (χ3v) is 3.81. The van der Waals surface area contributed by atoms with Crippen molar-refractivity contribution in [3.8, 4) is 5.75 Å². The summed E-state index contributed by atoms with van der Waals surface area (Å²) in [6, 6.07) is 7.21. The van der Waals surface area contributed by atoms with Gasteiger partial charge in [-0.25, -0.2) is 0 Å². The molecule has 0 saturated heterocycles. The normalized spacial score (nSPS) is 11.2. The lowest BCUT2D eigenvalue weighted by molar-refractivity contribution is 0.200. The largest absolute Gasteiger partial charge is 0.508 e. The smallest absolute Gasteiger partial charge is 0.117 e. The fraction of sp³-hybridized carbons (Fsp3) is 0.471. The van der Waals surface area contributed by atoms with E-state index in [2.05, 4.69) is 22.1 Å². The zero-order valence-electron chi connectivity index (χ0n) is 13.1. The minimum absolute atomic E-state index is 0.224. The van der Waals surface area contributed by atoms with E-state index in [0.717, 1.165) is 55.6 Å². The Kier molecular flexibility index (Phi) is 6.43. The van der Waals surface area contributed by atoms with Crippen molar-refractivity contribution in [3.05, 3.63) is 30.5 Å². The molecule has 1 aromatic heterocycles. The van der Waals surface area contributed by atoms with Gasteiger partial charge in [-0.2, -0.15) is 0 Å².